The number of carbonyl (C=O) groups is 1. The molecule has 0 saturated heterocycles. The predicted octanol–water partition coefficient (Wildman–Crippen LogP) is 1.96. The van der Waals surface area contributed by atoms with Crippen molar-refractivity contribution in [3.8, 4) is 0 Å². The van der Waals surface area contributed by atoms with Crippen molar-refractivity contribution in [2.75, 3.05) is 20.6 Å². The summed E-state index contributed by atoms with van der Waals surface area (Å²) in [7, 11) is 4.03. The van der Waals surface area contributed by atoms with Crippen LogP contribution in [0.4, 0.5) is 4.79 Å². The number of nitrogens with zero attached hydrogens (tertiary/aromatic N) is 4. The minimum absolute atomic E-state index is 0.121. The van der Waals surface area contributed by atoms with E-state index in [1.165, 1.54) is 11.1 Å². The van der Waals surface area contributed by atoms with Crippen LogP contribution in [-0.2, 0) is 19.5 Å². The molecule has 2 rings (SSSR count). The fourth-order valence-corrected chi connectivity index (χ4v) is 2.67. The molecule has 7 nitrogen and oxygen atoms in total. The van der Waals surface area contributed by atoms with E-state index < -0.39 is 0 Å². The van der Waals surface area contributed by atoms with E-state index in [-0.39, 0.29) is 12.1 Å². The first-order valence-corrected chi connectivity index (χ1v) is 8.68. The van der Waals surface area contributed by atoms with Gasteiger partial charge in [-0.1, -0.05) is 31.2 Å². The number of nitrogens with one attached hydrogen (secondary N) is 2. The van der Waals surface area contributed by atoms with Crippen LogP contribution in [-0.4, -0.2) is 46.3 Å². The fourth-order valence-electron chi connectivity index (χ4n) is 2.67. The first kappa shape index (κ1) is 18.9. The highest BCUT2D eigenvalue weighted by atomic mass is 16.2. The Bertz CT molecular complexity index is 664. The van der Waals surface area contributed by atoms with Crippen molar-refractivity contribution >= 4 is 6.03 Å². The summed E-state index contributed by atoms with van der Waals surface area (Å²) in [4.78, 5) is 14.2. The first-order valence-electron chi connectivity index (χ1n) is 8.68. The maximum Gasteiger partial charge on any atom is 0.315 e. The van der Waals surface area contributed by atoms with Crippen LogP contribution in [0.25, 0.3) is 0 Å². The van der Waals surface area contributed by atoms with Crippen molar-refractivity contribution < 1.29 is 4.79 Å². The maximum atomic E-state index is 12.1. The second-order valence-corrected chi connectivity index (χ2v) is 6.17. The van der Waals surface area contributed by atoms with Crippen LogP contribution in [0.3, 0.4) is 0 Å². The van der Waals surface area contributed by atoms with Crippen LogP contribution in [0, 0.1) is 0 Å². The third-order valence-electron chi connectivity index (χ3n) is 4.30. The minimum atomic E-state index is -0.206. The maximum absolute atomic E-state index is 12.1. The van der Waals surface area contributed by atoms with E-state index in [1.807, 2.05) is 25.6 Å². The van der Waals surface area contributed by atoms with Crippen molar-refractivity contribution in [2.24, 2.45) is 0 Å². The van der Waals surface area contributed by atoms with E-state index >= 15 is 0 Å². The van der Waals surface area contributed by atoms with E-state index in [4.69, 9.17) is 0 Å². The number of benzene rings is 1. The number of likely N-dealkylation sites (N-methyl/N-ethyl adjacent to an activating group) is 1. The Hall–Kier alpha value is -2.41. The monoisotopic (exact) mass is 344 g/mol. The van der Waals surface area contributed by atoms with Gasteiger partial charge in [0, 0.05) is 13.1 Å². The average molecular weight is 344 g/mol. The molecule has 1 aromatic carbocycles. The number of rotatable bonds is 8. The van der Waals surface area contributed by atoms with Crippen LogP contribution in [0.1, 0.15) is 36.8 Å². The Kier molecular flexibility index (Phi) is 6.94. The molecule has 1 heterocycles. The second-order valence-electron chi connectivity index (χ2n) is 6.17. The zero-order valence-electron chi connectivity index (χ0n) is 15.5. The van der Waals surface area contributed by atoms with Crippen molar-refractivity contribution in [2.45, 2.75) is 39.4 Å². The number of hydrogen-bond donors (Lipinski definition) is 2. The lowest BCUT2D eigenvalue weighted by Crippen LogP contribution is -2.40. The van der Waals surface area contributed by atoms with Gasteiger partial charge in [-0.25, -0.2) is 4.79 Å². The molecule has 0 spiro atoms. The average Bonchev–Trinajstić information content (AvgIpc) is 3.08. The van der Waals surface area contributed by atoms with Gasteiger partial charge < -0.3 is 20.1 Å². The highest BCUT2D eigenvalue weighted by Crippen LogP contribution is 2.18. The summed E-state index contributed by atoms with van der Waals surface area (Å²) in [6.45, 7) is 5.83. The molecule has 0 aliphatic carbocycles. The summed E-state index contributed by atoms with van der Waals surface area (Å²) in [6, 6.07) is 8.46. The van der Waals surface area contributed by atoms with Gasteiger partial charge >= 0.3 is 6.03 Å². The Labute approximate surface area is 149 Å². The minimum Gasteiger partial charge on any atom is -0.336 e. The zero-order valence-corrected chi connectivity index (χ0v) is 15.5. The molecular formula is C18H28N6O. The van der Waals surface area contributed by atoms with E-state index in [9.17, 15) is 4.79 Å². The van der Waals surface area contributed by atoms with Crippen molar-refractivity contribution in [1.29, 1.82) is 0 Å². The van der Waals surface area contributed by atoms with Crippen LogP contribution in [0.2, 0.25) is 0 Å². The van der Waals surface area contributed by atoms with Gasteiger partial charge in [-0.05, 0) is 38.6 Å². The van der Waals surface area contributed by atoms with E-state index in [1.54, 1.807) is 6.33 Å². The molecule has 1 aromatic heterocycles. The van der Waals surface area contributed by atoms with Crippen molar-refractivity contribution in [1.82, 2.24) is 30.3 Å². The molecule has 0 bridgehead atoms. The summed E-state index contributed by atoms with van der Waals surface area (Å²) in [5, 5.41) is 13.6. The van der Waals surface area contributed by atoms with Gasteiger partial charge in [0.1, 0.15) is 6.33 Å². The number of aromatic nitrogens is 3. The Balaban J connectivity index is 1.88. The first-order chi connectivity index (χ1) is 12.0. The van der Waals surface area contributed by atoms with E-state index in [0.29, 0.717) is 13.1 Å². The summed E-state index contributed by atoms with van der Waals surface area (Å²) in [6.07, 6.45) is 2.69. The van der Waals surface area contributed by atoms with E-state index in [2.05, 4.69) is 56.9 Å². The van der Waals surface area contributed by atoms with Gasteiger partial charge in [0.25, 0.3) is 0 Å². The van der Waals surface area contributed by atoms with Gasteiger partial charge in [0.15, 0.2) is 5.82 Å². The largest absolute Gasteiger partial charge is 0.336 e. The normalized spacial score (nSPS) is 12.2. The summed E-state index contributed by atoms with van der Waals surface area (Å²) < 4.78 is 1.90. The molecule has 7 heteroatoms. The molecular weight excluding hydrogens is 316 g/mol. The van der Waals surface area contributed by atoms with Gasteiger partial charge in [-0.2, -0.15) is 0 Å². The molecule has 0 saturated carbocycles. The number of carbonyl (C=O) groups excluding carboxylic acids is 1. The summed E-state index contributed by atoms with van der Waals surface area (Å²) in [5.41, 5.74) is 2.50. The van der Waals surface area contributed by atoms with Crippen molar-refractivity contribution in [3.05, 3.63) is 47.5 Å². The third kappa shape index (κ3) is 5.29. The van der Waals surface area contributed by atoms with Gasteiger partial charge in [0.05, 0.1) is 12.6 Å². The Morgan fingerprint density at radius 1 is 1.20 bits per heavy atom. The molecule has 0 aliphatic heterocycles. The SMILES string of the molecule is CCc1ccc([C@H](CNC(=O)NCc2nncn2CC)N(C)C)cc1. The van der Waals surface area contributed by atoms with E-state index in [0.717, 1.165) is 18.8 Å². The van der Waals surface area contributed by atoms with Crippen LogP contribution in [0.5, 0.6) is 0 Å². The lowest BCUT2D eigenvalue weighted by atomic mass is 10.0. The lowest BCUT2D eigenvalue weighted by Gasteiger charge is -2.25. The molecule has 2 amide bonds. The lowest BCUT2D eigenvalue weighted by molar-refractivity contribution is 0.232. The van der Waals surface area contributed by atoms with Gasteiger partial charge in [-0.3, -0.25) is 0 Å². The molecule has 0 unspecified atom stereocenters. The molecule has 0 radical (unpaired) electrons. The van der Waals surface area contributed by atoms with Crippen LogP contribution in [0.15, 0.2) is 30.6 Å². The highest BCUT2D eigenvalue weighted by molar-refractivity contribution is 5.73. The number of urea groups is 1. The number of amides is 2. The standard InChI is InChI=1S/C18H28N6O/c1-5-14-7-9-15(10-8-14)16(23(3)4)11-19-18(25)20-12-17-22-21-13-24(17)6-2/h7-10,13,16H,5-6,11-12H2,1-4H3,(H2,19,20,25)/t16-/m0/s1. The predicted molar refractivity (Wildman–Crippen MR) is 98.2 cm³/mol. The van der Waals surface area contributed by atoms with Crippen LogP contribution < -0.4 is 10.6 Å². The highest BCUT2D eigenvalue weighted by Gasteiger charge is 2.15. The molecule has 136 valence electrons. The van der Waals surface area contributed by atoms with Gasteiger partial charge in [-0.15, -0.1) is 10.2 Å². The molecule has 1 atom stereocenters. The number of hydrogen-bond acceptors (Lipinski definition) is 4. The molecule has 0 aliphatic rings. The topological polar surface area (TPSA) is 75.1 Å². The van der Waals surface area contributed by atoms with Crippen molar-refractivity contribution in [3.63, 3.8) is 0 Å². The van der Waals surface area contributed by atoms with Crippen LogP contribution >= 0.6 is 0 Å². The third-order valence-corrected chi connectivity index (χ3v) is 4.30. The Morgan fingerprint density at radius 2 is 1.92 bits per heavy atom. The second kappa shape index (κ2) is 9.17. The zero-order chi connectivity index (χ0) is 18.2. The fraction of sp³-hybridized carbons (Fsp3) is 0.500. The summed E-state index contributed by atoms with van der Waals surface area (Å²) in [5.74, 6) is 0.747. The summed E-state index contributed by atoms with van der Waals surface area (Å²) >= 11 is 0. The van der Waals surface area contributed by atoms with Gasteiger partial charge in [0.2, 0.25) is 0 Å². The smallest absolute Gasteiger partial charge is 0.315 e. The molecule has 25 heavy (non-hydrogen) atoms. The quantitative estimate of drug-likeness (QED) is 0.768. The number of aryl methyl sites for hydroxylation is 2. The Morgan fingerprint density at radius 3 is 2.52 bits per heavy atom. The molecule has 0 fully saturated rings. The molecule has 2 aromatic rings. The molecule has 2 N–H and O–H groups in total.